The molecule has 0 bridgehead atoms. The van der Waals surface area contributed by atoms with Gasteiger partial charge in [0.2, 0.25) is 5.91 Å². The summed E-state index contributed by atoms with van der Waals surface area (Å²) in [5.74, 6) is -7.16. The summed E-state index contributed by atoms with van der Waals surface area (Å²) in [6, 6.07) is 0.0849. The Labute approximate surface area is 88.4 Å². The van der Waals surface area contributed by atoms with Crippen LogP contribution in [0.25, 0.3) is 6.08 Å². The lowest BCUT2D eigenvalue weighted by atomic mass is 10.1. The largest absolute Gasteiger partial charge is 0.366 e. The van der Waals surface area contributed by atoms with Crippen LogP contribution in [0, 0.1) is 23.3 Å². The highest BCUT2D eigenvalue weighted by Gasteiger charge is 2.17. The van der Waals surface area contributed by atoms with Crippen LogP contribution < -0.4 is 5.73 Å². The van der Waals surface area contributed by atoms with E-state index in [4.69, 9.17) is 5.73 Å². The molecular weight excluding hydrogens is 226 g/mol. The molecule has 2 N–H and O–H groups in total. The average molecular weight is 233 g/mol. The molecule has 0 radical (unpaired) electrons. The van der Waals surface area contributed by atoms with Crippen molar-refractivity contribution in [1.82, 2.24) is 0 Å². The first kappa shape index (κ1) is 12.2. The Morgan fingerprint density at radius 2 is 1.62 bits per heavy atom. The van der Waals surface area contributed by atoms with Gasteiger partial charge in [0.25, 0.3) is 0 Å². The fourth-order valence-electron chi connectivity index (χ4n) is 1.01. The van der Waals surface area contributed by atoms with Crippen molar-refractivity contribution >= 4 is 12.0 Å². The molecule has 0 aromatic heterocycles. The number of amides is 1. The van der Waals surface area contributed by atoms with Crippen LogP contribution in [0.1, 0.15) is 12.5 Å². The first-order valence-electron chi connectivity index (χ1n) is 4.15. The summed E-state index contributed by atoms with van der Waals surface area (Å²) in [5.41, 5.74) is 3.64. The van der Waals surface area contributed by atoms with Gasteiger partial charge in [0, 0.05) is 11.6 Å². The van der Waals surface area contributed by atoms with Gasteiger partial charge in [-0.1, -0.05) is 0 Å². The summed E-state index contributed by atoms with van der Waals surface area (Å²) in [5, 5.41) is 0. The van der Waals surface area contributed by atoms with Crippen molar-refractivity contribution in [3.63, 3.8) is 0 Å². The SMILES string of the molecule is C/C(=C\c1c(F)c(F)cc(F)c1F)C(N)=O. The number of carbonyl (C=O) groups is 1. The minimum Gasteiger partial charge on any atom is -0.366 e. The Balaban J connectivity index is 3.44. The molecule has 2 nitrogen and oxygen atoms in total. The molecule has 86 valence electrons. The van der Waals surface area contributed by atoms with Crippen LogP contribution in [0.4, 0.5) is 17.6 Å². The van der Waals surface area contributed by atoms with Crippen LogP contribution in [0.15, 0.2) is 11.6 Å². The van der Waals surface area contributed by atoms with Crippen LogP contribution in [-0.2, 0) is 4.79 Å². The molecular formula is C10H7F4NO. The fraction of sp³-hybridized carbons (Fsp3) is 0.100. The lowest BCUT2D eigenvalue weighted by Gasteiger charge is -2.03. The van der Waals surface area contributed by atoms with Crippen molar-refractivity contribution in [2.45, 2.75) is 6.92 Å². The number of primary amides is 1. The number of carbonyl (C=O) groups excluding carboxylic acids is 1. The molecule has 0 spiro atoms. The van der Waals surface area contributed by atoms with Gasteiger partial charge < -0.3 is 5.73 Å². The average Bonchev–Trinajstić information content (AvgIpc) is 2.21. The van der Waals surface area contributed by atoms with E-state index in [2.05, 4.69) is 0 Å². The van der Waals surface area contributed by atoms with E-state index in [0.29, 0.717) is 6.08 Å². The highest BCUT2D eigenvalue weighted by atomic mass is 19.2. The minimum absolute atomic E-state index is 0.0849. The van der Waals surface area contributed by atoms with E-state index in [1.165, 1.54) is 6.92 Å². The maximum absolute atomic E-state index is 13.1. The van der Waals surface area contributed by atoms with E-state index < -0.39 is 34.7 Å². The lowest BCUT2D eigenvalue weighted by molar-refractivity contribution is -0.114. The highest BCUT2D eigenvalue weighted by Crippen LogP contribution is 2.21. The first-order chi connectivity index (χ1) is 7.34. The second kappa shape index (κ2) is 4.34. The number of benzene rings is 1. The molecule has 0 saturated heterocycles. The van der Waals surface area contributed by atoms with Gasteiger partial charge in [0.15, 0.2) is 23.3 Å². The van der Waals surface area contributed by atoms with E-state index in [1.807, 2.05) is 0 Å². The van der Waals surface area contributed by atoms with Gasteiger partial charge in [-0.15, -0.1) is 0 Å². The standard InChI is InChI=1S/C10H7F4NO/c1-4(10(15)16)2-5-8(13)6(11)3-7(12)9(5)14/h2-3H,1H3,(H2,15,16)/b4-2+. The van der Waals surface area contributed by atoms with Crippen molar-refractivity contribution in [2.24, 2.45) is 5.73 Å². The summed E-state index contributed by atoms with van der Waals surface area (Å²) in [7, 11) is 0. The molecule has 1 rings (SSSR count). The predicted octanol–water partition coefficient (Wildman–Crippen LogP) is 2.13. The number of halogens is 4. The quantitative estimate of drug-likeness (QED) is 0.474. The summed E-state index contributed by atoms with van der Waals surface area (Å²) >= 11 is 0. The van der Waals surface area contributed by atoms with E-state index in [-0.39, 0.29) is 11.6 Å². The Hall–Kier alpha value is -1.85. The number of rotatable bonds is 2. The van der Waals surface area contributed by atoms with Gasteiger partial charge in [-0.2, -0.15) is 0 Å². The Kier molecular flexibility index (Phi) is 3.31. The fourth-order valence-corrected chi connectivity index (χ4v) is 1.01. The Bertz CT molecular complexity index is 456. The number of hydrogen-bond donors (Lipinski definition) is 1. The maximum Gasteiger partial charge on any atom is 0.244 e. The topological polar surface area (TPSA) is 43.1 Å². The summed E-state index contributed by atoms with van der Waals surface area (Å²) in [6.07, 6.45) is 0.652. The Morgan fingerprint density at radius 3 is 2.00 bits per heavy atom. The van der Waals surface area contributed by atoms with Gasteiger partial charge in [-0.05, 0) is 13.0 Å². The van der Waals surface area contributed by atoms with Gasteiger partial charge >= 0.3 is 0 Å². The van der Waals surface area contributed by atoms with Crippen LogP contribution >= 0.6 is 0 Å². The van der Waals surface area contributed by atoms with E-state index >= 15 is 0 Å². The predicted molar refractivity (Wildman–Crippen MR) is 49.1 cm³/mol. The molecule has 1 aromatic carbocycles. The third kappa shape index (κ3) is 2.21. The number of nitrogens with two attached hydrogens (primary N) is 1. The van der Waals surface area contributed by atoms with E-state index in [1.54, 1.807) is 0 Å². The van der Waals surface area contributed by atoms with Crippen LogP contribution in [0.5, 0.6) is 0 Å². The molecule has 16 heavy (non-hydrogen) atoms. The lowest BCUT2D eigenvalue weighted by Crippen LogP contribution is -2.12. The van der Waals surface area contributed by atoms with Crippen LogP contribution in [0.3, 0.4) is 0 Å². The zero-order valence-electron chi connectivity index (χ0n) is 8.15. The zero-order chi connectivity index (χ0) is 12.5. The van der Waals surface area contributed by atoms with Crippen molar-refractivity contribution < 1.29 is 22.4 Å². The summed E-state index contributed by atoms with van der Waals surface area (Å²) in [4.78, 5) is 10.6. The molecule has 0 saturated carbocycles. The first-order valence-corrected chi connectivity index (χ1v) is 4.15. The number of hydrogen-bond acceptors (Lipinski definition) is 1. The van der Waals surface area contributed by atoms with Crippen molar-refractivity contribution in [2.75, 3.05) is 0 Å². The third-order valence-electron chi connectivity index (χ3n) is 1.90. The normalized spacial score (nSPS) is 11.7. The van der Waals surface area contributed by atoms with Crippen molar-refractivity contribution in [3.8, 4) is 0 Å². The molecule has 6 heteroatoms. The van der Waals surface area contributed by atoms with Gasteiger partial charge in [-0.25, -0.2) is 17.6 Å². The highest BCUT2D eigenvalue weighted by molar-refractivity contribution is 5.96. The second-order valence-electron chi connectivity index (χ2n) is 3.07. The van der Waals surface area contributed by atoms with Crippen molar-refractivity contribution in [1.29, 1.82) is 0 Å². The van der Waals surface area contributed by atoms with E-state index in [0.717, 1.165) is 0 Å². The van der Waals surface area contributed by atoms with Crippen LogP contribution in [0.2, 0.25) is 0 Å². The molecule has 0 aliphatic heterocycles. The smallest absolute Gasteiger partial charge is 0.244 e. The molecule has 1 aromatic rings. The molecule has 0 aliphatic rings. The van der Waals surface area contributed by atoms with E-state index in [9.17, 15) is 22.4 Å². The third-order valence-corrected chi connectivity index (χ3v) is 1.90. The summed E-state index contributed by atoms with van der Waals surface area (Å²) < 4.78 is 51.7. The molecule has 0 atom stereocenters. The molecule has 0 aliphatic carbocycles. The Morgan fingerprint density at radius 1 is 1.19 bits per heavy atom. The van der Waals surface area contributed by atoms with Gasteiger partial charge in [0.05, 0.1) is 5.56 Å². The van der Waals surface area contributed by atoms with Gasteiger partial charge in [0.1, 0.15) is 0 Å². The van der Waals surface area contributed by atoms with Gasteiger partial charge in [-0.3, -0.25) is 4.79 Å². The van der Waals surface area contributed by atoms with Crippen molar-refractivity contribution in [3.05, 3.63) is 40.5 Å². The second-order valence-corrected chi connectivity index (χ2v) is 3.07. The monoisotopic (exact) mass is 233 g/mol. The molecule has 0 fully saturated rings. The molecule has 0 unspecified atom stereocenters. The summed E-state index contributed by atoms with van der Waals surface area (Å²) in [6.45, 7) is 1.17. The van der Waals surface area contributed by atoms with Crippen LogP contribution in [-0.4, -0.2) is 5.91 Å². The molecule has 1 amide bonds. The maximum atomic E-state index is 13.1. The zero-order valence-corrected chi connectivity index (χ0v) is 8.15. The minimum atomic E-state index is -1.57. The molecule has 0 heterocycles.